The number of methoxy groups -OCH3 is 2. The van der Waals surface area contributed by atoms with Crippen molar-refractivity contribution in [2.75, 3.05) is 26.6 Å². The van der Waals surface area contributed by atoms with E-state index in [2.05, 4.69) is 5.32 Å². The van der Waals surface area contributed by atoms with Gasteiger partial charge in [0.05, 0.1) is 19.1 Å². The van der Waals surface area contributed by atoms with Crippen LogP contribution in [-0.2, 0) is 21.3 Å². The van der Waals surface area contributed by atoms with E-state index < -0.39 is 16.0 Å². The lowest BCUT2D eigenvalue weighted by Gasteiger charge is -2.19. The number of nitrogens with one attached hydrogen (secondary N) is 1. The summed E-state index contributed by atoms with van der Waals surface area (Å²) < 4.78 is 38.2. The lowest BCUT2D eigenvalue weighted by atomic mass is 10.1. The average molecular weight is 525 g/mol. The number of amides is 1. The van der Waals surface area contributed by atoms with Gasteiger partial charge in [-0.3, -0.25) is 4.79 Å². The number of benzene rings is 3. The molecular formula is C26H24N2O6S2. The second-order valence-electron chi connectivity index (χ2n) is 7.91. The van der Waals surface area contributed by atoms with Crippen molar-refractivity contribution in [1.29, 1.82) is 0 Å². The molecule has 186 valence electrons. The summed E-state index contributed by atoms with van der Waals surface area (Å²) >= 11 is 1.31. The summed E-state index contributed by atoms with van der Waals surface area (Å²) in [4.78, 5) is 25.5. The van der Waals surface area contributed by atoms with Gasteiger partial charge in [0, 0.05) is 35.1 Å². The second kappa shape index (κ2) is 10.5. The van der Waals surface area contributed by atoms with Crippen LogP contribution in [0.25, 0.3) is 10.1 Å². The molecule has 1 aromatic heterocycles. The monoisotopic (exact) mass is 524 g/mol. The number of esters is 1. The topological polar surface area (TPSA) is 102 Å². The molecule has 4 aromatic rings. The Bertz CT molecular complexity index is 1530. The number of carbonyl (C=O) groups is 2. The van der Waals surface area contributed by atoms with Gasteiger partial charge in [-0.15, -0.1) is 11.3 Å². The normalized spacial score (nSPS) is 11.4. The van der Waals surface area contributed by atoms with Gasteiger partial charge in [0.25, 0.3) is 5.91 Å². The Morgan fingerprint density at radius 1 is 0.972 bits per heavy atom. The van der Waals surface area contributed by atoms with Crippen molar-refractivity contribution < 1.29 is 27.5 Å². The van der Waals surface area contributed by atoms with Gasteiger partial charge in [-0.25, -0.2) is 13.2 Å². The number of anilines is 1. The van der Waals surface area contributed by atoms with Crippen LogP contribution in [0.15, 0.2) is 77.7 Å². The molecule has 8 nitrogen and oxygen atoms in total. The lowest BCUT2D eigenvalue weighted by Crippen LogP contribution is -2.27. The summed E-state index contributed by atoms with van der Waals surface area (Å²) in [5.74, 6) is -0.307. The van der Waals surface area contributed by atoms with Crippen LogP contribution in [0.1, 0.15) is 25.6 Å². The number of nitrogens with zero attached hydrogens (tertiary/aromatic N) is 1. The largest absolute Gasteiger partial charge is 0.496 e. The van der Waals surface area contributed by atoms with Crippen molar-refractivity contribution in [2.24, 2.45) is 0 Å². The molecule has 36 heavy (non-hydrogen) atoms. The fourth-order valence-corrected chi connectivity index (χ4v) is 5.80. The van der Waals surface area contributed by atoms with Gasteiger partial charge in [0.15, 0.2) is 0 Å². The van der Waals surface area contributed by atoms with Gasteiger partial charge < -0.3 is 14.8 Å². The van der Waals surface area contributed by atoms with E-state index >= 15 is 0 Å². The van der Waals surface area contributed by atoms with Crippen LogP contribution in [0.4, 0.5) is 5.69 Å². The second-order valence-corrected chi connectivity index (χ2v) is 11.0. The van der Waals surface area contributed by atoms with E-state index in [9.17, 15) is 18.0 Å². The maximum absolute atomic E-state index is 13.0. The van der Waals surface area contributed by atoms with E-state index in [1.165, 1.54) is 49.0 Å². The summed E-state index contributed by atoms with van der Waals surface area (Å²) in [5, 5.41) is 3.66. The van der Waals surface area contributed by atoms with E-state index in [-0.39, 0.29) is 17.3 Å². The SMILES string of the molecule is COC(=O)c1cc2cc(NC(=O)c3ccc(OC)c(CN(C)S(=O)(=O)c4ccccc4)c3)ccc2s1. The lowest BCUT2D eigenvalue weighted by molar-refractivity contribution is 0.0606. The molecule has 0 aliphatic carbocycles. The first-order chi connectivity index (χ1) is 17.2. The minimum atomic E-state index is -3.73. The van der Waals surface area contributed by atoms with Crippen molar-refractivity contribution in [1.82, 2.24) is 4.31 Å². The molecule has 0 radical (unpaired) electrons. The first-order valence-corrected chi connectivity index (χ1v) is 13.1. The molecule has 1 N–H and O–H groups in total. The Morgan fingerprint density at radius 3 is 2.42 bits per heavy atom. The zero-order valence-electron chi connectivity index (χ0n) is 19.8. The van der Waals surface area contributed by atoms with E-state index in [0.29, 0.717) is 27.4 Å². The number of hydrogen-bond acceptors (Lipinski definition) is 7. The predicted octanol–water partition coefficient (Wildman–Crippen LogP) is 4.77. The molecule has 0 saturated carbocycles. The van der Waals surface area contributed by atoms with Crippen molar-refractivity contribution in [3.63, 3.8) is 0 Å². The van der Waals surface area contributed by atoms with Crippen LogP contribution < -0.4 is 10.1 Å². The average Bonchev–Trinajstić information content (AvgIpc) is 3.32. The van der Waals surface area contributed by atoms with Gasteiger partial charge in [-0.1, -0.05) is 18.2 Å². The summed E-state index contributed by atoms with van der Waals surface area (Å²) in [7, 11) is 0.573. The van der Waals surface area contributed by atoms with Gasteiger partial charge in [-0.05, 0) is 60.0 Å². The minimum Gasteiger partial charge on any atom is -0.496 e. The van der Waals surface area contributed by atoms with Crippen LogP contribution in [0.5, 0.6) is 5.75 Å². The zero-order chi connectivity index (χ0) is 25.9. The fraction of sp³-hybridized carbons (Fsp3) is 0.154. The van der Waals surface area contributed by atoms with Crippen molar-refractivity contribution in [2.45, 2.75) is 11.4 Å². The van der Waals surface area contributed by atoms with Crippen LogP contribution in [0.2, 0.25) is 0 Å². The van der Waals surface area contributed by atoms with Crippen molar-refractivity contribution >= 4 is 49.0 Å². The predicted molar refractivity (Wildman–Crippen MR) is 139 cm³/mol. The number of carbonyl (C=O) groups excluding carboxylic acids is 2. The summed E-state index contributed by atoms with van der Waals surface area (Å²) in [5.41, 5.74) is 1.45. The molecule has 0 fully saturated rings. The highest BCUT2D eigenvalue weighted by Gasteiger charge is 2.22. The van der Waals surface area contributed by atoms with Gasteiger partial charge >= 0.3 is 5.97 Å². The van der Waals surface area contributed by atoms with E-state index in [1.807, 2.05) is 6.07 Å². The van der Waals surface area contributed by atoms with E-state index in [1.54, 1.807) is 54.6 Å². The van der Waals surface area contributed by atoms with Crippen LogP contribution in [0.3, 0.4) is 0 Å². The first kappa shape index (κ1) is 25.4. The summed E-state index contributed by atoms with van der Waals surface area (Å²) in [6, 6.07) is 20.1. The van der Waals surface area contributed by atoms with E-state index in [4.69, 9.17) is 9.47 Å². The molecule has 1 amide bonds. The highest BCUT2D eigenvalue weighted by molar-refractivity contribution is 7.89. The standard InChI is InChI=1S/C26H24N2O6S2/c1-28(36(31,32)21-7-5-4-6-8-21)16-19-13-17(9-11-22(19)33-2)25(29)27-20-10-12-23-18(14-20)15-24(35-23)26(30)34-3/h4-15H,16H2,1-3H3,(H,27,29). The number of fused-ring (bicyclic) bond motifs is 1. The van der Waals surface area contributed by atoms with E-state index in [0.717, 1.165) is 10.1 Å². The Hall–Kier alpha value is -3.73. The van der Waals surface area contributed by atoms with Gasteiger partial charge in [-0.2, -0.15) is 4.31 Å². The molecule has 4 rings (SSSR count). The Balaban J connectivity index is 1.56. The molecule has 0 bridgehead atoms. The third-order valence-corrected chi connectivity index (χ3v) is 8.46. The molecule has 0 aliphatic rings. The number of hydrogen-bond donors (Lipinski definition) is 1. The summed E-state index contributed by atoms with van der Waals surface area (Å²) in [6.45, 7) is 0.0126. The molecule has 3 aromatic carbocycles. The molecule has 1 heterocycles. The number of rotatable bonds is 8. The molecule has 0 saturated heterocycles. The molecule has 0 aliphatic heterocycles. The van der Waals surface area contributed by atoms with Crippen molar-refractivity contribution in [3.05, 3.63) is 88.8 Å². The smallest absolute Gasteiger partial charge is 0.348 e. The molecular weight excluding hydrogens is 500 g/mol. The molecule has 0 spiro atoms. The van der Waals surface area contributed by atoms with Gasteiger partial charge in [0.1, 0.15) is 10.6 Å². The Kier molecular flexibility index (Phi) is 7.39. The van der Waals surface area contributed by atoms with Crippen LogP contribution in [0, 0.1) is 0 Å². The maximum Gasteiger partial charge on any atom is 0.348 e. The Morgan fingerprint density at radius 2 is 1.72 bits per heavy atom. The maximum atomic E-state index is 13.0. The van der Waals surface area contributed by atoms with Crippen molar-refractivity contribution in [3.8, 4) is 5.75 Å². The summed E-state index contributed by atoms with van der Waals surface area (Å²) in [6.07, 6.45) is 0. The van der Waals surface area contributed by atoms with Gasteiger partial charge in [0.2, 0.25) is 10.0 Å². The number of sulfonamides is 1. The molecule has 0 atom stereocenters. The van der Waals surface area contributed by atoms with Crippen LogP contribution >= 0.6 is 11.3 Å². The highest BCUT2D eigenvalue weighted by Crippen LogP contribution is 2.29. The number of thiophene rings is 1. The Labute approximate surface area is 213 Å². The third kappa shape index (κ3) is 5.25. The molecule has 10 heteroatoms. The molecule has 0 unspecified atom stereocenters. The highest BCUT2D eigenvalue weighted by atomic mass is 32.2. The number of ether oxygens (including phenoxy) is 2. The third-order valence-electron chi connectivity index (χ3n) is 5.55. The quantitative estimate of drug-likeness (QED) is 0.333. The fourth-order valence-electron chi connectivity index (χ4n) is 3.67. The van der Waals surface area contributed by atoms with Crippen LogP contribution in [-0.4, -0.2) is 45.9 Å². The zero-order valence-corrected chi connectivity index (χ0v) is 21.5. The minimum absolute atomic E-state index is 0.0126. The first-order valence-electron chi connectivity index (χ1n) is 10.8.